The molecule has 40 heavy (non-hydrogen) atoms. The first-order chi connectivity index (χ1) is 18.6. The van der Waals surface area contributed by atoms with Crippen LogP contribution in [0.25, 0.3) is 22.8 Å². The Hall–Kier alpha value is -1.66. The van der Waals surface area contributed by atoms with Gasteiger partial charge in [0.25, 0.3) is 0 Å². The number of fused-ring (bicyclic) bond motifs is 2. The maximum absolute atomic E-state index is 4.93. The van der Waals surface area contributed by atoms with Crippen LogP contribution in [0.4, 0.5) is 0 Å². The van der Waals surface area contributed by atoms with Crippen molar-refractivity contribution < 1.29 is 20.8 Å². The van der Waals surface area contributed by atoms with Crippen LogP contribution in [0.2, 0.25) is 0 Å². The molecule has 0 nitrogen and oxygen atoms in total. The fourth-order valence-corrected chi connectivity index (χ4v) is 7.28. The monoisotopic (exact) mass is 646 g/mol. The van der Waals surface area contributed by atoms with Gasteiger partial charge in [-0.05, 0) is 83.2 Å². The molecule has 1 fully saturated rings. The van der Waals surface area contributed by atoms with Crippen LogP contribution in [0.5, 0.6) is 0 Å². The normalized spacial score (nSPS) is 23.6. The van der Waals surface area contributed by atoms with E-state index in [0.717, 1.165) is 11.8 Å². The third-order valence-corrected chi connectivity index (χ3v) is 8.98. The Balaban J connectivity index is 0.000000846. The summed E-state index contributed by atoms with van der Waals surface area (Å²) >= 11 is -0.826. The Morgan fingerprint density at radius 1 is 0.825 bits per heavy atom. The fraction of sp³-hybridized carbons (Fsp3) is 0.297. The van der Waals surface area contributed by atoms with Gasteiger partial charge in [-0.2, -0.15) is 0 Å². The van der Waals surface area contributed by atoms with Crippen molar-refractivity contribution in [1.29, 1.82) is 0 Å². The molecule has 0 bridgehead atoms. The van der Waals surface area contributed by atoms with Crippen LogP contribution in [-0.4, -0.2) is 0 Å². The van der Waals surface area contributed by atoms with Crippen molar-refractivity contribution in [2.24, 2.45) is 23.7 Å². The molecule has 0 N–H and O–H groups in total. The van der Waals surface area contributed by atoms with Gasteiger partial charge in [0.05, 0.1) is 0 Å². The number of hydrogen-bond acceptors (Lipinski definition) is 0. The minimum absolute atomic E-state index is 0. The first-order valence-corrected chi connectivity index (χ1v) is 20.2. The quantitative estimate of drug-likeness (QED) is 0.233. The first kappa shape index (κ1) is 32.9. The molecule has 0 heterocycles. The molecule has 0 spiro atoms. The molecule has 0 radical (unpaired) electrons. The second-order valence-electron chi connectivity index (χ2n) is 11.1. The van der Waals surface area contributed by atoms with Gasteiger partial charge in [-0.15, -0.1) is 0 Å². The van der Waals surface area contributed by atoms with Crippen molar-refractivity contribution in [1.82, 2.24) is 0 Å². The standard InChI is InChI=1S/C35H36.2CH3.2ClH.Zr/c1-24-22-34-30(26-12-5-3-6-13-26)18-10-20-32(34)28(24)16-9-17-29-25(2)23-35-31(19-11-21-33(29)35)27-14-7-4-8-15-27;;;;;/h3-8,10-15,18-22,25,28-29,33,35H,9,16-17,23H2,1-2H3;2*1H3;2*1H;/q;2*-1;;;+4/p-2. The van der Waals surface area contributed by atoms with Gasteiger partial charge in [0, 0.05) is 5.92 Å². The van der Waals surface area contributed by atoms with E-state index in [1.54, 1.807) is 5.57 Å². The van der Waals surface area contributed by atoms with Crippen LogP contribution in [0.3, 0.4) is 0 Å². The Bertz CT molecular complexity index is 1310. The summed E-state index contributed by atoms with van der Waals surface area (Å²) in [6.45, 7) is 4.84. The molecule has 208 valence electrons. The van der Waals surface area contributed by atoms with E-state index >= 15 is 0 Å². The number of allylic oxidation sites excluding steroid dienone is 5. The fourth-order valence-electron chi connectivity index (χ4n) is 7.28. The molecule has 0 amide bonds. The molecule has 0 saturated heterocycles. The van der Waals surface area contributed by atoms with Crippen molar-refractivity contribution in [2.75, 3.05) is 0 Å². The van der Waals surface area contributed by atoms with Crippen LogP contribution in [0.1, 0.15) is 62.1 Å². The second kappa shape index (κ2) is 15.5. The van der Waals surface area contributed by atoms with E-state index in [1.165, 1.54) is 59.1 Å². The first-order valence-electron chi connectivity index (χ1n) is 13.9. The van der Waals surface area contributed by atoms with Gasteiger partial charge in [-0.25, -0.2) is 0 Å². The summed E-state index contributed by atoms with van der Waals surface area (Å²) < 4.78 is 0. The zero-order chi connectivity index (χ0) is 26.5. The Labute approximate surface area is 262 Å². The second-order valence-corrected chi connectivity index (χ2v) is 14.8. The zero-order valence-electron chi connectivity index (χ0n) is 24.3. The Morgan fingerprint density at radius 2 is 1.48 bits per heavy atom. The van der Waals surface area contributed by atoms with Crippen molar-refractivity contribution >= 4 is 28.7 Å². The molecule has 1 saturated carbocycles. The molecule has 3 aliphatic carbocycles. The predicted molar refractivity (Wildman–Crippen MR) is 174 cm³/mol. The van der Waals surface area contributed by atoms with Crippen molar-refractivity contribution in [2.45, 2.75) is 45.4 Å². The predicted octanol–water partition coefficient (Wildman–Crippen LogP) is 11.8. The number of hydrogen-bond donors (Lipinski definition) is 0. The molecule has 5 atom stereocenters. The van der Waals surface area contributed by atoms with Crippen molar-refractivity contribution in [3.8, 4) is 11.1 Å². The van der Waals surface area contributed by atoms with Gasteiger partial charge in [-0.1, -0.05) is 122 Å². The molecule has 3 heteroatoms. The van der Waals surface area contributed by atoms with Crippen LogP contribution >= 0.6 is 17.0 Å². The van der Waals surface area contributed by atoms with Crippen LogP contribution in [0.15, 0.2) is 103 Å². The summed E-state index contributed by atoms with van der Waals surface area (Å²) in [5, 5.41) is 0. The zero-order valence-corrected chi connectivity index (χ0v) is 28.3. The Kier molecular flexibility index (Phi) is 12.8. The summed E-state index contributed by atoms with van der Waals surface area (Å²) in [5.41, 5.74) is 10.2. The number of rotatable bonds is 6. The van der Waals surface area contributed by atoms with E-state index in [0.29, 0.717) is 17.8 Å². The topological polar surface area (TPSA) is 0 Å². The summed E-state index contributed by atoms with van der Waals surface area (Å²) in [6, 6.07) is 28.8. The summed E-state index contributed by atoms with van der Waals surface area (Å²) in [7, 11) is 9.87. The molecule has 0 aliphatic heterocycles. The van der Waals surface area contributed by atoms with E-state index in [9.17, 15) is 0 Å². The third kappa shape index (κ3) is 7.03. The van der Waals surface area contributed by atoms with Gasteiger partial charge >= 0.3 is 37.9 Å². The average Bonchev–Trinajstić information content (AvgIpc) is 3.45. The molecule has 3 aromatic rings. The van der Waals surface area contributed by atoms with Gasteiger partial charge in [0.2, 0.25) is 0 Å². The van der Waals surface area contributed by atoms with E-state index in [2.05, 4.69) is 117 Å². The molecular formula is C37H42Cl2Zr. The average molecular weight is 649 g/mol. The van der Waals surface area contributed by atoms with Crippen LogP contribution < -0.4 is 0 Å². The van der Waals surface area contributed by atoms with E-state index in [1.807, 2.05) is 0 Å². The maximum atomic E-state index is 4.93. The van der Waals surface area contributed by atoms with Crippen molar-refractivity contribution in [3.63, 3.8) is 0 Å². The molecule has 3 aromatic carbocycles. The number of benzene rings is 3. The minimum atomic E-state index is -0.826. The molecule has 3 aliphatic rings. The van der Waals surface area contributed by atoms with Gasteiger partial charge in [0.1, 0.15) is 0 Å². The van der Waals surface area contributed by atoms with Crippen LogP contribution in [-0.2, 0) is 20.8 Å². The number of halogens is 2. The van der Waals surface area contributed by atoms with Crippen LogP contribution in [0, 0.1) is 38.5 Å². The van der Waals surface area contributed by atoms with E-state index in [-0.39, 0.29) is 14.9 Å². The van der Waals surface area contributed by atoms with E-state index < -0.39 is 20.8 Å². The SMILES string of the molecule is CC1=Cc2c(-c3ccccc3)cccc2C1CCCC1C(C)CC2C(c3ccccc3)=CC=CC21.[CH3-].[CH3-].[Cl][Zr+2][Cl]. The van der Waals surface area contributed by atoms with Crippen molar-refractivity contribution in [3.05, 3.63) is 134 Å². The van der Waals surface area contributed by atoms with E-state index in [4.69, 9.17) is 17.0 Å². The summed E-state index contributed by atoms with van der Waals surface area (Å²) in [4.78, 5) is 0. The summed E-state index contributed by atoms with van der Waals surface area (Å²) in [5.74, 6) is 3.54. The molecule has 5 unspecified atom stereocenters. The summed E-state index contributed by atoms with van der Waals surface area (Å²) in [6.07, 6.45) is 14.9. The molecule has 6 rings (SSSR count). The third-order valence-electron chi connectivity index (χ3n) is 8.98. The Morgan fingerprint density at radius 3 is 2.15 bits per heavy atom. The molecule has 0 aromatic heterocycles. The van der Waals surface area contributed by atoms with Gasteiger partial charge in [0.15, 0.2) is 0 Å². The van der Waals surface area contributed by atoms with Gasteiger partial charge < -0.3 is 14.9 Å². The van der Waals surface area contributed by atoms with Gasteiger partial charge in [-0.3, -0.25) is 0 Å². The molecular weight excluding hydrogens is 607 g/mol.